The second-order valence-electron chi connectivity index (χ2n) is 3.97. The van der Waals surface area contributed by atoms with Gasteiger partial charge in [-0.1, -0.05) is 5.16 Å². The van der Waals surface area contributed by atoms with Gasteiger partial charge >= 0.3 is 0 Å². The second-order valence-corrected chi connectivity index (χ2v) is 3.97. The van der Waals surface area contributed by atoms with E-state index in [1.54, 1.807) is 13.0 Å². The molecule has 0 saturated carbocycles. The minimum absolute atomic E-state index is 0.0552. The number of hydrogen-bond acceptors (Lipinski definition) is 4. The van der Waals surface area contributed by atoms with E-state index < -0.39 is 24.4 Å². The van der Waals surface area contributed by atoms with Gasteiger partial charge in [-0.25, -0.2) is 13.2 Å². The van der Waals surface area contributed by atoms with Gasteiger partial charge in [-0.15, -0.1) is 0 Å². The number of nitrogens with zero attached hydrogens (tertiary/aromatic N) is 2. The number of carbonyl (C=O) groups excluding carboxylic acids is 1. The first kappa shape index (κ1) is 13.3. The van der Waals surface area contributed by atoms with E-state index in [-0.39, 0.29) is 11.7 Å². The van der Waals surface area contributed by atoms with Gasteiger partial charge in [-0.2, -0.15) is 4.98 Å². The van der Waals surface area contributed by atoms with E-state index in [2.05, 4.69) is 14.7 Å². The first-order valence-electron chi connectivity index (χ1n) is 5.36. The summed E-state index contributed by atoms with van der Waals surface area (Å²) in [6.45, 7) is 1.69. The van der Waals surface area contributed by atoms with Gasteiger partial charge in [-0.3, -0.25) is 4.79 Å². The third-order valence-corrected chi connectivity index (χ3v) is 2.34. The molecule has 0 unspecified atom stereocenters. The lowest BCUT2D eigenvalue weighted by molar-refractivity contribution is -0.129. The molecule has 0 fully saturated rings. The monoisotopic (exact) mass is 270 g/mol. The molecule has 0 aliphatic heterocycles. The van der Waals surface area contributed by atoms with Crippen molar-refractivity contribution in [1.82, 2.24) is 10.1 Å². The standard InChI is InChI=1S/C12H9F3N2O2/c1-6-2-7(4-8(13)3-6)12-16-10(19-17-12)5-9(18)11(14)15/h2-4,11H,5H2,1H3. The van der Waals surface area contributed by atoms with Crippen molar-refractivity contribution in [2.75, 3.05) is 0 Å². The quantitative estimate of drug-likeness (QED) is 0.856. The fraction of sp³-hybridized carbons (Fsp3) is 0.250. The lowest BCUT2D eigenvalue weighted by Gasteiger charge is -1.97. The van der Waals surface area contributed by atoms with Crippen LogP contribution in [0.15, 0.2) is 22.7 Å². The number of Topliss-reactive ketones (excluding diaryl/α,β-unsaturated/α-hetero) is 1. The van der Waals surface area contributed by atoms with Crippen LogP contribution in [-0.4, -0.2) is 22.3 Å². The molecule has 2 aromatic rings. The van der Waals surface area contributed by atoms with Crippen LogP contribution in [0.2, 0.25) is 0 Å². The topological polar surface area (TPSA) is 56.0 Å². The maximum absolute atomic E-state index is 13.2. The Hall–Kier alpha value is -2.18. The van der Waals surface area contributed by atoms with Crippen molar-refractivity contribution in [1.29, 1.82) is 0 Å². The number of alkyl halides is 2. The molecule has 0 N–H and O–H groups in total. The van der Waals surface area contributed by atoms with Crippen molar-refractivity contribution < 1.29 is 22.5 Å². The van der Waals surface area contributed by atoms with E-state index in [0.29, 0.717) is 11.1 Å². The Labute approximate surface area is 106 Å². The lowest BCUT2D eigenvalue weighted by atomic mass is 10.1. The Balaban J connectivity index is 2.23. The zero-order chi connectivity index (χ0) is 14.0. The maximum atomic E-state index is 13.2. The second kappa shape index (κ2) is 5.21. The molecular formula is C12H9F3N2O2. The Kier molecular flexibility index (Phi) is 3.64. The van der Waals surface area contributed by atoms with Crippen LogP contribution in [0.5, 0.6) is 0 Å². The van der Waals surface area contributed by atoms with E-state index in [1.165, 1.54) is 12.1 Å². The molecule has 0 spiro atoms. The number of carbonyl (C=O) groups is 1. The van der Waals surface area contributed by atoms with Gasteiger partial charge in [-0.05, 0) is 30.7 Å². The summed E-state index contributed by atoms with van der Waals surface area (Å²) in [5.74, 6) is -1.93. The van der Waals surface area contributed by atoms with E-state index in [0.717, 1.165) is 0 Å². The first-order chi connectivity index (χ1) is 8.95. The summed E-state index contributed by atoms with van der Waals surface area (Å²) in [6.07, 6.45) is -3.72. The Bertz CT molecular complexity index is 591. The van der Waals surface area contributed by atoms with Gasteiger partial charge in [0.05, 0.1) is 6.42 Å². The summed E-state index contributed by atoms with van der Waals surface area (Å²) in [5, 5.41) is 3.53. The Morgan fingerprint density at radius 3 is 2.74 bits per heavy atom. The maximum Gasteiger partial charge on any atom is 0.296 e. The fourth-order valence-electron chi connectivity index (χ4n) is 1.54. The molecule has 100 valence electrons. The summed E-state index contributed by atoms with van der Waals surface area (Å²) in [4.78, 5) is 14.6. The fourth-order valence-corrected chi connectivity index (χ4v) is 1.54. The minimum atomic E-state index is -3.08. The van der Waals surface area contributed by atoms with Crippen molar-refractivity contribution in [2.24, 2.45) is 0 Å². The number of aromatic nitrogens is 2. The number of hydrogen-bond donors (Lipinski definition) is 0. The third kappa shape index (κ3) is 3.18. The van der Waals surface area contributed by atoms with Crippen LogP contribution in [0.25, 0.3) is 11.4 Å². The van der Waals surface area contributed by atoms with E-state index in [1.807, 2.05) is 0 Å². The highest BCUT2D eigenvalue weighted by Gasteiger charge is 2.20. The Morgan fingerprint density at radius 1 is 1.37 bits per heavy atom. The van der Waals surface area contributed by atoms with Crippen LogP contribution in [0.3, 0.4) is 0 Å². The predicted octanol–water partition coefficient (Wildman–Crippen LogP) is 2.56. The number of benzene rings is 1. The highest BCUT2D eigenvalue weighted by molar-refractivity contribution is 5.83. The van der Waals surface area contributed by atoms with Gasteiger partial charge in [0, 0.05) is 5.56 Å². The van der Waals surface area contributed by atoms with Crippen molar-refractivity contribution in [2.45, 2.75) is 19.8 Å². The molecule has 2 rings (SSSR count). The van der Waals surface area contributed by atoms with Gasteiger partial charge in [0.25, 0.3) is 6.43 Å². The van der Waals surface area contributed by atoms with Crippen LogP contribution >= 0.6 is 0 Å². The highest BCUT2D eigenvalue weighted by Crippen LogP contribution is 2.19. The molecule has 0 atom stereocenters. The van der Waals surface area contributed by atoms with Crippen molar-refractivity contribution >= 4 is 5.78 Å². The molecule has 0 aliphatic carbocycles. The van der Waals surface area contributed by atoms with Crippen LogP contribution in [-0.2, 0) is 11.2 Å². The number of halogens is 3. The highest BCUT2D eigenvalue weighted by atomic mass is 19.3. The SMILES string of the molecule is Cc1cc(F)cc(-c2noc(CC(=O)C(F)F)n2)c1. The molecule has 0 aliphatic rings. The number of ketones is 1. The van der Waals surface area contributed by atoms with Crippen molar-refractivity contribution in [3.63, 3.8) is 0 Å². The largest absolute Gasteiger partial charge is 0.338 e. The van der Waals surface area contributed by atoms with E-state index in [4.69, 9.17) is 0 Å². The molecule has 0 saturated heterocycles. The van der Waals surface area contributed by atoms with Crippen LogP contribution in [0.1, 0.15) is 11.5 Å². The van der Waals surface area contributed by atoms with Crippen LogP contribution in [0, 0.1) is 12.7 Å². The Morgan fingerprint density at radius 2 is 2.11 bits per heavy atom. The van der Waals surface area contributed by atoms with Gasteiger partial charge < -0.3 is 4.52 Å². The molecule has 19 heavy (non-hydrogen) atoms. The molecule has 7 heteroatoms. The smallest absolute Gasteiger partial charge is 0.296 e. The van der Waals surface area contributed by atoms with Crippen molar-refractivity contribution in [3.05, 3.63) is 35.5 Å². The molecule has 1 aromatic heterocycles. The molecule has 1 aromatic carbocycles. The van der Waals surface area contributed by atoms with Crippen molar-refractivity contribution in [3.8, 4) is 11.4 Å². The summed E-state index contributed by atoms with van der Waals surface area (Å²) < 4.78 is 42.0. The summed E-state index contributed by atoms with van der Waals surface area (Å²) in [7, 11) is 0. The number of aryl methyl sites for hydroxylation is 1. The summed E-state index contributed by atoms with van der Waals surface area (Å²) in [6, 6.07) is 4.13. The normalized spacial score (nSPS) is 11.0. The minimum Gasteiger partial charge on any atom is -0.338 e. The molecule has 0 radical (unpaired) electrons. The summed E-state index contributed by atoms with van der Waals surface area (Å²) in [5.41, 5.74) is 1.02. The molecule has 1 heterocycles. The third-order valence-electron chi connectivity index (χ3n) is 2.34. The van der Waals surface area contributed by atoms with E-state index in [9.17, 15) is 18.0 Å². The summed E-state index contributed by atoms with van der Waals surface area (Å²) >= 11 is 0. The van der Waals surface area contributed by atoms with E-state index >= 15 is 0 Å². The number of rotatable bonds is 4. The lowest BCUT2D eigenvalue weighted by Crippen LogP contribution is -2.12. The average molecular weight is 270 g/mol. The molecule has 0 bridgehead atoms. The van der Waals surface area contributed by atoms with Gasteiger partial charge in [0.2, 0.25) is 17.5 Å². The molecule has 0 amide bonds. The van der Waals surface area contributed by atoms with Gasteiger partial charge in [0.15, 0.2) is 0 Å². The predicted molar refractivity (Wildman–Crippen MR) is 59.1 cm³/mol. The van der Waals surface area contributed by atoms with Crippen LogP contribution in [0.4, 0.5) is 13.2 Å². The first-order valence-corrected chi connectivity index (χ1v) is 5.36. The average Bonchev–Trinajstić information content (AvgIpc) is 2.76. The van der Waals surface area contributed by atoms with Gasteiger partial charge in [0.1, 0.15) is 5.82 Å². The molecule has 4 nitrogen and oxygen atoms in total. The molecular weight excluding hydrogens is 261 g/mol. The zero-order valence-electron chi connectivity index (χ0n) is 9.86. The van der Waals surface area contributed by atoms with Crippen LogP contribution < -0.4 is 0 Å². The zero-order valence-corrected chi connectivity index (χ0v) is 9.86.